The maximum atomic E-state index is 12.5. The third-order valence-corrected chi connectivity index (χ3v) is 3.92. The average Bonchev–Trinajstić information content (AvgIpc) is 3.01. The third-order valence-electron chi connectivity index (χ3n) is 3.92. The lowest BCUT2D eigenvalue weighted by Gasteiger charge is -2.16. The molecule has 0 bridgehead atoms. The van der Waals surface area contributed by atoms with E-state index in [1.165, 1.54) is 0 Å². The highest BCUT2D eigenvalue weighted by Gasteiger charge is 2.24. The molecule has 1 fully saturated rings. The van der Waals surface area contributed by atoms with Crippen molar-refractivity contribution in [1.82, 2.24) is 9.88 Å². The predicted molar refractivity (Wildman–Crippen MR) is 84.7 cm³/mol. The monoisotopic (exact) mass is 297 g/mol. The van der Waals surface area contributed by atoms with Gasteiger partial charge in [0.15, 0.2) is 0 Å². The average molecular weight is 297 g/mol. The van der Waals surface area contributed by atoms with Crippen LogP contribution in [0, 0.1) is 0 Å². The summed E-state index contributed by atoms with van der Waals surface area (Å²) in [6.07, 6.45) is 4.23. The van der Waals surface area contributed by atoms with Gasteiger partial charge in [-0.1, -0.05) is 12.1 Å². The molecule has 0 saturated carbocycles. The van der Waals surface area contributed by atoms with Crippen LogP contribution in [0.4, 0.5) is 0 Å². The molecule has 0 spiro atoms. The van der Waals surface area contributed by atoms with E-state index < -0.39 is 0 Å². The largest absolute Gasteiger partial charge is 0.497 e. The molecule has 1 aliphatic rings. The summed E-state index contributed by atoms with van der Waals surface area (Å²) in [4.78, 5) is 18.5. The molecular formula is C17H19N3O2. The molecule has 1 atom stereocenters. The Morgan fingerprint density at radius 2 is 2.05 bits per heavy atom. The van der Waals surface area contributed by atoms with Crippen LogP contribution in [0.5, 0.6) is 5.75 Å². The van der Waals surface area contributed by atoms with Crippen molar-refractivity contribution in [2.75, 3.05) is 20.2 Å². The van der Waals surface area contributed by atoms with Crippen LogP contribution >= 0.6 is 0 Å². The number of nitrogens with two attached hydrogens (primary N) is 1. The summed E-state index contributed by atoms with van der Waals surface area (Å²) in [5.41, 5.74) is 8.38. The maximum Gasteiger partial charge on any atom is 0.255 e. The number of carbonyl (C=O) groups is 1. The molecule has 1 saturated heterocycles. The van der Waals surface area contributed by atoms with Gasteiger partial charge in [-0.05, 0) is 30.2 Å². The van der Waals surface area contributed by atoms with Gasteiger partial charge in [-0.25, -0.2) is 0 Å². The van der Waals surface area contributed by atoms with Crippen molar-refractivity contribution < 1.29 is 9.53 Å². The molecule has 2 N–H and O–H groups in total. The molecule has 1 aromatic carbocycles. The molecule has 1 aromatic heterocycles. The molecule has 0 radical (unpaired) electrons. The summed E-state index contributed by atoms with van der Waals surface area (Å²) in [5, 5.41) is 0. The van der Waals surface area contributed by atoms with Gasteiger partial charge >= 0.3 is 0 Å². The van der Waals surface area contributed by atoms with Crippen molar-refractivity contribution in [2.45, 2.75) is 12.5 Å². The highest BCUT2D eigenvalue weighted by atomic mass is 16.5. The van der Waals surface area contributed by atoms with Crippen LogP contribution in [0.15, 0.2) is 42.7 Å². The number of ether oxygens (including phenoxy) is 1. The van der Waals surface area contributed by atoms with Gasteiger partial charge in [0.05, 0.1) is 12.7 Å². The molecule has 114 valence electrons. The lowest BCUT2D eigenvalue weighted by Crippen LogP contribution is -2.31. The minimum atomic E-state index is -0.00388. The Bertz CT molecular complexity index is 670. The normalized spacial score (nSPS) is 17.5. The van der Waals surface area contributed by atoms with E-state index in [1.54, 1.807) is 24.4 Å². The number of rotatable bonds is 3. The Kier molecular flexibility index (Phi) is 4.06. The number of benzene rings is 1. The SMILES string of the molecule is COc1ccc(-c2cncc(C(=O)N3CCC(N)C3)c2)cc1. The highest BCUT2D eigenvalue weighted by molar-refractivity contribution is 5.95. The van der Waals surface area contributed by atoms with Gasteiger partial charge in [-0.3, -0.25) is 9.78 Å². The molecular weight excluding hydrogens is 278 g/mol. The van der Waals surface area contributed by atoms with E-state index in [-0.39, 0.29) is 11.9 Å². The summed E-state index contributed by atoms with van der Waals surface area (Å²) in [7, 11) is 1.64. The molecule has 1 aliphatic heterocycles. The van der Waals surface area contributed by atoms with Gasteiger partial charge in [0.25, 0.3) is 5.91 Å². The molecule has 1 amide bonds. The van der Waals surface area contributed by atoms with Crippen LogP contribution < -0.4 is 10.5 Å². The highest BCUT2D eigenvalue weighted by Crippen LogP contribution is 2.23. The minimum absolute atomic E-state index is 0.00388. The number of nitrogens with zero attached hydrogens (tertiary/aromatic N) is 2. The fourth-order valence-electron chi connectivity index (χ4n) is 2.65. The fourth-order valence-corrected chi connectivity index (χ4v) is 2.65. The van der Waals surface area contributed by atoms with Crippen molar-refractivity contribution in [3.05, 3.63) is 48.3 Å². The number of aromatic nitrogens is 1. The van der Waals surface area contributed by atoms with Gasteiger partial charge in [0.1, 0.15) is 5.75 Å². The smallest absolute Gasteiger partial charge is 0.255 e. The van der Waals surface area contributed by atoms with Crippen molar-refractivity contribution in [1.29, 1.82) is 0 Å². The van der Waals surface area contributed by atoms with E-state index in [2.05, 4.69) is 4.98 Å². The van der Waals surface area contributed by atoms with E-state index in [0.717, 1.165) is 23.3 Å². The van der Waals surface area contributed by atoms with Crippen molar-refractivity contribution in [2.24, 2.45) is 5.73 Å². The second-order valence-corrected chi connectivity index (χ2v) is 5.49. The van der Waals surface area contributed by atoms with Crippen LogP contribution in [0.1, 0.15) is 16.8 Å². The third kappa shape index (κ3) is 2.94. The standard InChI is InChI=1S/C17H19N3O2/c1-22-16-4-2-12(3-5-16)13-8-14(10-19-9-13)17(21)20-7-6-15(18)11-20/h2-5,8-10,15H,6-7,11,18H2,1H3. The van der Waals surface area contributed by atoms with Gasteiger partial charge in [-0.15, -0.1) is 0 Å². The predicted octanol–water partition coefficient (Wildman–Crippen LogP) is 1.93. The first-order valence-electron chi connectivity index (χ1n) is 7.31. The topological polar surface area (TPSA) is 68.5 Å². The second-order valence-electron chi connectivity index (χ2n) is 5.49. The number of pyridine rings is 1. The molecule has 1 unspecified atom stereocenters. The molecule has 2 heterocycles. The van der Waals surface area contributed by atoms with Crippen molar-refractivity contribution in [3.8, 4) is 16.9 Å². The Morgan fingerprint density at radius 3 is 2.68 bits per heavy atom. The maximum absolute atomic E-state index is 12.5. The van der Waals surface area contributed by atoms with Crippen LogP contribution in [0.3, 0.4) is 0 Å². The van der Waals surface area contributed by atoms with Gasteiger partial charge in [-0.2, -0.15) is 0 Å². The van der Waals surface area contributed by atoms with Crippen LogP contribution in [0.25, 0.3) is 11.1 Å². The fraction of sp³-hybridized carbons (Fsp3) is 0.294. The molecule has 22 heavy (non-hydrogen) atoms. The number of amides is 1. The molecule has 3 rings (SSSR count). The Morgan fingerprint density at radius 1 is 1.27 bits per heavy atom. The summed E-state index contributed by atoms with van der Waals surface area (Å²) in [6.45, 7) is 1.33. The lowest BCUT2D eigenvalue weighted by atomic mass is 10.1. The first-order valence-corrected chi connectivity index (χ1v) is 7.31. The summed E-state index contributed by atoms with van der Waals surface area (Å²) in [5.74, 6) is 0.797. The van der Waals surface area contributed by atoms with Gasteiger partial charge < -0.3 is 15.4 Å². The molecule has 2 aromatic rings. The summed E-state index contributed by atoms with van der Waals surface area (Å²) >= 11 is 0. The quantitative estimate of drug-likeness (QED) is 0.940. The van der Waals surface area contributed by atoms with E-state index in [0.29, 0.717) is 18.7 Å². The number of methoxy groups -OCH3 is 1. The first kappa shape index (κ1) is 14.5. The Labute approximate surface area is 129 Å². The van der Waals surface area contributed by atoms with Gasteiger partial charge in [0, 0.05) is 37.1 Å². The second kappa shape index (κ2) is 6.15. The Balaban J connectivity index is 1.84. The van der Waals surface area contributed by atoms with Crippen molar-refractivity contribution in [3.63, 3.8) is 0 Å². The molecule has 5 heteroatoms. The van der Waals surface area contributed by atoms with Crippen LogP contribution in [-0.4, -0.2) is 42.0 Å². The number of likely N-dealkylation sites (tertiary alicyclic amines) is 1. The van der Waals surface area contributed by atoms with E-state index in [1.807, 2.05) is 30.3 Å². The Hall–Kier alpha value is -2.40. The van der Waals surface area contributed by atoms with Crippen LogP contribution in [-0.2, 0) is 0 Å². The van der Waals surface area contributed by atoms with Gasteiger partial charge in [0.2, 0.25) is 0 Å². The first-order chi connectivity index (χ1) is 10.7. The number of hydrogen-bond donors (Lipinski definition) is 1. The minimum Gasteiger partial charge on any atom is -0.497 e. The number of carbonyl (C=O) groups excluding carboxylic acids is 1. The van der Waals surface area contributed by atoms with E-state index in [9.17, 15) is 4.79 Å². The van der Waals surface area contributed by atoms with Crippen LogP contribution in [0.2, 0.25) is 0 Å². The van der Waals surface area contributed by atoms with E-state index in [4.69, 9.17) is 10.5 Å². The molecule has 0 aliphatic carbocycles. The van der Waals surface area contributed by atoms with Crippen molar-refractivity contribution >= 4 is 5.91 Å². The lowest BCUT2D eigenvalue weighted by molar-refractivity contribution is 0.0790. The zero-order valence-corrected chi connectivity index (χ0v) is 12.5. The zero-order valence-electron chi connectivity index (χ0n) is 12.5. The summed E-state index contributed by atoms with van der Waals surface area (Å²) < 4.78 is 5.16. The zero-order chi connectivity index (χ0) is 15.5. The van der Waals surface area contributed by atoms with E-state index >= 15 is 0 Å². The number of hydrogen-bond acceptors (Lipinski definition) is 4. The molecule has 5 nitrogen and oxygen atoms in total. The summed E-state index contributed by atoms with van der Waals surface area (Å²) in [6, 6.07) is 9.65.